The molecule has 2 heterocycles. The lowest BCUT2D eigenvalue weighted by atomic mass is 10.2. The molecule has 0 unspecified atom stereocenters. The van der Waals surface area contributed by atoms with Crippen LogP contribution in [0.2, 0.25) is 0 Å². The number of carbonyl (C=O) groups is 1. The summed E-state index contributed by atoms with van der Waals surface area (Å²) in [6, 6.07) is 13.0. The standard InChI is InChI=1S/C18H18N4O2S/c1-11-8-14(12(2)22(11)13-6-4-3-5-7-13)15(23)10-25-18-20-16(19)9-17(24)21-18/h3-9H,10H2,1-2H3,(H3,19,20,21,24). The first kappa shape index (κ1) is 17.0. The average molecular weight is 354 g/mol. The van der Waals surface area contributed by atoms with Gasteiger partial charge < -0.3 is 15.3 Å². The summed E-state index contributed by atoms with van der Waals surface area (Å²) in [5.74, 6) is 0.289. The van der Waals surface area contributed by atoms with E-state index >= 15 is 0 Å². The Kier molecular flexibility index (Phi) is 4.76. The van der Waals surface area contributed by atoms with Crippen LogP contribution in [0.3, 0.4) is 0 Å². The number of rotatable bonds is 5. The molecule has 25 heavy (non-hydrogen) atoms. The van der Waals surface area contributed by atoms with Crippen molar-refractivity contribution in [3.63, 3.8) is 0 Å². The van der Waals surface area contributed by atoms with E-state index in [0.29, 0.717) is 10.7 Å². The second-order valence-corrected chi connectivity index (χ2v) is 6.61. The molecule has 0 fully saturated rings. The highest BCUT2D eigenvalue weighted by atomic mass is 32.2. The first-order valence-electron chi connectivity index (χ1n) is 7.73. The van der Waals surface area contributed by atoms with Crippen LogP contribution in [0.25, 0.3) is 5.69 Å². The highest BCUT2D eigenvalue weighted by Crippen LogP contribution is 2.23. The van der Waals surface area contributed by atoms with Gasteiger partial charge >= 0.3 is 0 Å². The molecule has 3 aromatic rings. The number of aryl methyl sites for hydroxylation is 1. The second-order valence-electron chi connectivity index (χ2n) is 5.64. The van der Waals surface area contributed by atoms with E-state index in [-0.39, 0.29) is 22.9 Å². The maximum absolute atomic E-state index is 12.6. The summed E-state index contributed by atoms with van der Waals surface area (Å²) in [7, 11) is 0. The van der Waals surface area contributed by atoms with Gasteiger partial charge in [-0.2, -0.15) is 0 Å². The SMILES string of the molecule is Cc1cc(C(=O)CSc2nc(N)cc(=O)[nH]2)c(C)n1-c1ccccc1. The Morgan fingerprint density at radius 3 is 2.64 bits per heavy atom. The lowest BCUT2D eigenvalue weighted by molar-refractivity contribution is 0.102. The fourth-order valence-corrected chi connectivity index (χ4v) is 3.52. The van der Waals surface area contributed by atoms with Crippen molar-refractivity contribution in [2.75, 3.05) is 11.5 Å². The highest BCUT2D eigenvalue weighted by Gasteiger charge is 2.17. The number of aromatic amines is 1. The Bertz CT molecular complexity index is 976. The normalized spacial score (nSPS) is 10.8. The number of aromatic nitrogens is 3. The molecule has 6 nitrogen and oxygen atoms in total. The summed E-state index contributed by atoms with van der Waals surface area (Å²) in [5.41, 5.74) is 8.80. The number of nitrogens with one attached hydrogen (secondary N) is 1. The van der Waals surface area contributed by atoms with Crippen molar-refractivity contribution >= 4 is 23.4 Å². The predicted octanol–water partition coefficient (Wildman–Crippen LogP) is 2.73. The van der Waals surface area contributed by atoms with Crippen LogP contribution in [0.4, 0.5) is 5.82 Å². The van der Waals surface area contributed by atoms with E-state index < -0.39 is 0 Å². The number of benzene rings is 1. The minimum atomic E-state index is -0.329. The van der Waals surface area contributed by atoms with Crippen LogP contribution in [0, 0.1) is 13.8 Å². The van der Waals surface area contributed by atoms with Crippen LogP contribution < -0.4 is 11.3 Å². The van der Waals surface area contributed by atoms with Crippen LogP contribution in [-0.4, -0.2) is 26.1 Å². The van der Waals surface area contributed by atoms with Gasteiger partial charge in [0, 0.05) is 28.7 Å². The molecule has 1 aromatic carbocycles. The topological polar surface area (TPSA) is 93.8 Å². The Balaban J connectivity index is 1.82. The number of H-pyrrole nitrogens is 1. The third-order valence-electron chi connectivity index (χ3n) is 3.83. The summed E-state index contributed by atoms with van der Waals surface area (Å²) in [6.45, 7) is 3.90. The molecule has 0 amide bonds. The maximum atomic E-state index is 12.6. The summed E-state index contributed by atoms with van der Waals surface area (Å²) in [5, 5.41) is 0.343. The van der Waals surface area contributed by atoms with E-state index in [9.17, 15) is 9.59 Å². The number of para-hydroxylation sites is 1. The second kappa shape index (κ2) is 6.98. The van der Waals surface area contributed by atoms with E-state index in [2.05, 4.69) is 14.5 Å². The third kappa shape index (κ3) is 3.66. The van der Waals surface area contributed by atoms with Gasteiger partial charge in [0.2, 0.25) is 0 Å². The minimum absolute atomic E-state index is 0.0228. The fourth-order valence-electron chi connectivity index (χ4n) is 2.75. The molecule has 0 spiro atoms. The van der Waals surface area contributed by atoms with Crippen LogP contribution in [-0.2, 0) is 0 Å². The van der Waals surface area contributed by atoms with Crippen molar-refractivity contribution < 1.29 is 4.79 Å². The van der Waals surface area contributed by atoms with Crippen LogP contribution in [0.15, 0.2) is 52.4 Å². The first-order chi connectivity index (χ1) is 12.0. The van der Waals surface area contributed by atoms with Crippen molar-refractivity contribution in [3.05, 3.63) is 69.8 Å². The number of nitrogens with zero attached hydrogens (tertiary/aromatic N) is 2. The number of hydrogen-bond donors (Lipinski definition) is 2. The zero-order valence-corrected chi connectivity index (χ0v) is 14.8. The summed E-state index contributed by atoms with van der Waals surface area (Å²) < 4.78 is 2.05. The predicted molar refractivity (Wildman–Crippen MR) is 99.6 cm³/mol. The number of anilines is 1. The van der Waals surface area contributed by atoms with Crippen LogP contribution >= 0.6 is 11.8 Å². The Morgan fingerprint density at radius 1 is 1.24 bits per heavy atom. The molecule has 128 valence electrons. The van der Waals surface area contributed by atoms with E-state index in [1.54, 1.807) is 0 Å². The van der Waals surface area contributed by atoms with Crippen LogP contribution in [0.1, 0.15) is 21.7 Å². The molecule has 0 atom stereocenters. The largest absolute Gasteiger partial charge is 0.383 e. The van der Waals surface area contributed by atoms with E-state index in [0.717, 1.165) is 17.1 Å². The Labute approximate surface area is 149 Å². The third-order valence-corrected chi connectivity index (χ3v) is 4.70. The molecule has 0 aliphatic heterocycles. The van der Waals surface area contributed by atoms with E-state index in [4.69, 9.17) is 5.73 Å². The number of carbonyl (C=O) groups excluding carboxylic acids is 1. The average Bonchev–Trinajstić information content (AvgIpc) is 2.87. The first-order valence-corrected chi connectivity index (χ1v) is 8.71. The number of nitrogens with two attached hydrogens (primary N) is 1. The smallest absolute Gasteiger partial charge is 0.253 e. The molecule has 0 aliphatic carbocycles. The molecular formula is C18H18N4O2S. The Hall–Kier alpha value is -2.80. The quantitative estimate of drug-likeness (QED) is 0.417. The van der Waals surface area contributed by atoms with Gasteiger partial charge in [-0.05, 0) is 32.0 Å². The summed E-state index contributed by atoms with van der Waals surface area (Å²) >= 11 is 1.17. The van der Waals surface area contributed by atoms with Crippen molar-refractivity contribution in [2.24, 2.45) is 0 Å². The van der Waals surface area contributed by atoms with Gasteiger partial charge in [-0.25, -0.2) is 4.98 Å². The molecule has 0 saturated carbocycles. The highest BCUT2D eigenvalue weighted by molar-refractivity contribution is 7.99. The van der Waals surface area contributed by atoms with Gasteiger partial charge in [0.05, 0.1) is 5.75 Å². The van der Waals surface area contributed by atoms with Gasteiger partial charge in [-0.3, -0.25) is 9.59 Å². The van der Waals surface area contributed by atoms with Gasteiger partial charge in [0.1, 0.15) is 5.82 Å². The van der Waals surface area contributed by atoms with Gasteiger partial charge in [-0.15, -0.1) is 0 Å². The van der Waals surface area contributed by atoms with Crippen molar-refractivity contribution in [1.82, 2.24) is 14.5 Å². The fraction of sp³-hybridized carbons (Fsp3) is 0.167. The van der Waals surface area contributed by atoms with Crippen molar-refractivity contribution in [3.8, 4) is 5.69 Å². The maximum Gasteiger partial charge on any atom is 0.253 e. The minimum Gasteiger partial charge on any atom is -0.383 e. The van der Waals surface area contributed by atoms with Gasteiger partial charge in [0.15, 0.2) is 10.9 Å². The monoisotopic (exact) mass is 354 g/mol. The van der Waals surface area contributed by atoms with E-state index in [1.807, 2.05) is 50.2 Å². The van der Waals surface area contributed by atoms with E-state index in [1.165, 1.54) is 17.8 Å². The number of thioether (sulfide) groups is 1. The number of hydrogen-bond acceptors (Lipinski definition) is 5. The van der Waals surface area contributed by atoms with Crippen molar-refractivity contribution in [1.29, 1.82) is 0 Å². The van der Waals surface area contributed by atoms with Crippen molar-refractivity contribution in [2.45, 2.75) is 19.0 Å². The Morgan fingerprint density at radius 2 is 1.96 bits per heavy atom. The number of nitrogen functional groups attached to an aromatic ring is 1. The summed E-state index contributed by atoms with van der Waals surface area (Å²) in [4.78, 5) is 30.6. The lowest BCUT2D eigenvalue weighted by Crippen LogP contribution is -2.11. The summed E-state index contributed by atoms with van der Waals surface area (Å²) in [6.07, 6.45) is 0. The number of ketones is 1. The molecule has 7 heteroatoms. The molecule has 0 saturated heterocycles. The molecule has 3 rings (SSSR count). The zero-order valence-electron chi connectivity index (χ0n) is 13.9. The molecule has 0 bridgehead atoms. The van der Waals surface area contributed by atoms with Gasteiger partial charge in [-0.1, -0.05) is 30.0 Å². The van der Waals surface area contributed by atoms with Gasteiger partial charge in [0.25, 0.3) is 5.56 Å². The van der Waals surface area contributed by atoms with Crippen LogP contribution in [0.5, 0.6) is 0 Å². The molecule has 2 aromatic heterocycles. The molecule has 3 N–H and O–H groups in total. The molecular weight excluding hydrogens is 336 g/mol. The number of Topliss-reactive ketones (excluding diaryl/α,β-unsaturated/α-hetero) is 1. The molecule has 0 radical (unpaired) electrons. The molecule has 0 aliphatic rings. The zero-order chi connectivity index (χ0) is 18.0. The lowest BCUT2D eigenvalue weighted by Gasteiger charge is -2.09.